The summed E-state index contributed by atoms with van der Waals surface area (Å²) in [5.41, 5.74) is 2.37. The molecule has 0 spiro atoms. The van der Waals surface area contributed by atoms with Crippen molar-refractivity contribution in [3.63, 3.8) is 0 Å². The molecule has 116 valence electrons. The zero-order chi connectivity index (χ0) is 14.9. The number of aromatic amines is 1. The first kappa shape index (κ1) is 13.8. The van der Waals surface area contributed by atoms with Crippen LogP contribution in [0.15, 0.2) is 30.5 Å². The van der Waals surface area contributed by atoms with Gasteiger partial charge in [-0.25, -0.2) is 0 Å². The third kappa shape index (κ3) is 2.88. The molecule has 1 aliphatic heterocycles. The number of rotatable bonds is 5. The molecular formula is C18H22N2O2. The van der Waals surface area contributed by atoms with E-state index in [0.29, 0.717) is 24.3 Å². The molecule has 1 unspecified atom stereocenters. The van der Waals surface area contributed by atoms with Gasteiger partial charge in [0, 0.05) is 43.9 Å². The van der Waals surface area contributed by atoms with Gasteiger partial charge in [0.15, 0.2) is 0 Å². The quantitative estimate of drug-likeness (QED) is 0.922. The molecule has 0 bridgehead atoms. The molecule has 22 heavy (non-hydrogen) atoms. The van der Waals surface area contributed by atoms with Gasteiger partial charge in [0.1, 0.15) is 0 Å². The first-order chi connectivity index (χ1) is 10.8. The molecule has 4 heteroatoms. The molecule has 4 rings (SSSR count). The zero-order valence-electron chi connectivity index (χ0n) is 12.8. The van der Waals surface area contributed by atoms with E-state index in [1.165, 1.54) is 10.9 Å². The smallest absolute Gasteiger partial charge is 0.223 e. The molecule has 1 N–H and O–H groups in total. The monoisotopic (exact) mass is 298 g/mol. The number of amides is 1. The fraction of sp³-hybridized carbons (Fsp3) is 0.500. The van der Waals surface area contributed by atoms with Crippen molar-refractivity contribution in [2.24, 2.45) is 5.92 Å². The maximum atomic E-state index is 12.7. The van der Waals surface area contributed by atoms with Crippen molar-refractivity contribution in [3.05, 3.63) is 36.0 Å². The minimum absolute atomic E-state index is 0.298. The molecular weight excluding hydrogens is 276 g/mol. The van der Waals surface area contributed by atoms with Crippen molar-refractivity contribution < 1.29 is 9.53 Å². The number of benzene rings is 1. The van der Waals surface area contributed by atoms with E-state index in [1.807, 2.05) is 6.20 Å². The van der Waals surface area contributed by atoms with Gasteiger partial charge in [-0.05, 0) is 54.3 Å². The molecule has 0 radical (unpaired) electrons. The highest BCUT2D eigenvalue weighted by Gasteiger charge is 2.33. The highest BCUT2D eigenvalue weighted by molar-refractivity contribution is 5.80. The summed E-state index contributed by atoms with van der Waals surface area (Å²) in [4.78, 5) is 18.0. The van der Waals surface area contributed by atoms with Crippen LogP contribution < -0.4 is 0 Å². The molecule has 1 saturated carbocycles. The number of carbonyl (C=O) groups excluding carboxylic acids is 1. The summed E-state index contributed by atoms with van der Waals surface area (Å²) in [7, 11) is 0. The van der Waals surface area contributed by atoms with Crippen molar-refractivity contribution in [1.29, 1.82) is 0 Å². The van der Waals surface area contributed by atoms with Crippen LogP contribution in [-0.4, -0.2) is 35.0 Å². The van der Waals surface area contributed by atoms with Crippen LogP contribution >= 0.6 is 0 Å². The summed E-state index contributed by atoms with van der Waals surface area (Å²) in [6.07, 6.45) is 5.93. The van der Waals surface area contributed by atoms with E-state index in [1.54, 1.807) is 0 Å². The lowest BCUT2D eigenvalue weighted by molar-refractivity contribution is -0.133. The highest BCUT2D eigenvalue weighted by atomic mass is 16.5. The maximum absolute atomic E-state index is 12.7. The normalized spacial score (nSPS) is 21.4. The number of H-pyrrole nitrogens is 1. The van der Waals surface area contributed by atoms with Gasteiger partial charge in [0.05, 0.1) is 0 Å². The van der Waals surface area contributed by atoms with Crippen molar-refractivity contribution in [2.75, 3.05) is 13.2 Å². The van der Waals surface area contributed by atoms with Crippen LogP contribution in [0.25, 0.3) is 10.9 Å². The van der Waals surface area contributed by atoms with E-state index in [4.69, 9.17) is 4.74 Å². The van der Waals surface area contributed by atoms with Crippen LogP contribution in [0.5, 0.6) is 0 Å². The first-order valence-electron chi connectivity index (χ1n) is 8.23. The predicted molar refractivity (Wildman–Crippen MR) is 85.4 cm³/mol. The second-order valence-corrected chi connectivity index (χ2v) is 6.59. The molecule has 1 saturated heterocycles. The van der Waals surface area contributed by atoms with Gasteiger partial charge in [-0.15, -0.1) is 0 Å². The molecule has 1 aromatic heterocycles. The Kier molecular flexibility index (Phi) is 3.62. The van der Waals surface area contributed by atoms with Gasteiger partial charge in [-0.1, -0.05) is 6.07 Å². The number of carbonyl (C=O) groups is 1. The lowest BCUT2D eigenvalue weighted by Crippen LogP contribution is -2.33. The number of hydrogen-bond donors (Lipinski definition) is 1. The Hall–Kier alpha value is -1.81. The first-order valence-corrected chi connectivity index (χ1v) is 8.23. The van der Waals surface area contributed by atoms with Gasteiger partial charge < -0.3 is 14.6 Å². The highest BCUT2D eigenvalue weighted by Crippen LogP contribution is 2.31. The molecule has 2 fully saturated rings. The van der Waals surface area contributed by atoms with Crippen LogP contribution in [0.3, 0.4) is 0 Å². The number of fused-ring (bicyclic) bond motifs is 1. The molecule has 2 aromatic rings. The average Bonchev–Trinajstić information content (AvgIpc) is 3.03. The number of nitrogens with zero attached hydrogens (tertiary/aromatic N) is 1. The largest absolute Gasteiger partial charge is 0.381 e. The predicted octanol–water partition coefficient (Wildman–Crippen LogP) is 3.09. The van der Waals surface area contributed by atoms with Crippen LogP contribution in [-0.2, 0) is 16.1 Å². The molecule has 2 heterocycles. The van der Waals surface area contributed by atoms with Crippen LogP contribution in [0.1, 0.15) is 31.2 Å². The molecule has 1 aliphatic carbocycles. The summed E-state index contributed by atoms with van der Waals surface area (Å²) >= 11 is 0. The lowest BCUT2D eigenvalue weighted by atomic mass is 10.0. The lowest BCUT2D eigenvalue weighted by Gasteiger charge is -2.24. The van der Waals surface area contributed by atoms with E-state index in [2.05, 4.69) is 34.1 Å². The van der Waals surface area contributed by atoms with Crippen molar-refractivity contribution in [1.82, 2.24) is 9.88 Å². The van der Waals surface area contributed by atoms with E-state index in [0.717, 1.165) is 44.5 Å². The van der Waals surface area contributed by atoms with Gasteiger partial charge in [0.2, 0.25) is 5.91 Å². The third-order valence-electron chi connectivity index (χ3n) is 4.77. The van der Waals surface area contributed by atoms with Crippen molar-refractivity contribution in [2.45, 2.75) is 38.3 Å². The third-order valence-corrected chi connectivity index (χ3v) is 4.77. The van der Waals surface area contributed by atoms with E-state index < -0.39 is 0 Å². The summed E-state index contributed by atoms with van der Waals surface area (Å²) in [6.45, 7) is 2.29. The minimum atomic E-state index is 0.298. The Labute approximate surface area is 130 Å². The zero-order valence-corrected chi connectivity index (χ0v) is 12.8. The second kappa shape index (κ2) is 5.76. The Bertz CT molecular complexity index is 669. The topological polar surface area (TPSA) is 45.3 Å². The van der Waals surface area contributed by atoms with Gasteiger partial charge >= 0.3 is 0 Å². The summed E-state index contributed by atoms with van der Waals surface area (Å²) in [5.74, 6) is 0.716. The number of hydrogen-bond acceptors (Lipinski definition) is 2. The minimum Gasteiger partial charge on any atom is -0.381 e. The fourth-order valence-corrected chi connectivity index (χ4v) is 3.31. The molecule has 4 nitrogen and oxygen atoms in total. The fourth-order valence-electron chi connectivity index (χ4n) is 3.31. The van der Waals surface area contributed by atoms with E-state index >= 15 is 0 Å². The Morgan fingerprint density at radius 3 is 2.95 bits per heavy atom. The van der Waals surface area contributed by atoms with Gasteiger partial charge in [0.25, 0.3) is 0 Å². The summed E-state index contributed by atoms with van der Waals surface area (Å²) < 4.78 is 5.40. The van der Waals surface area contributed by atoms with Crippen LogP contribution in [0.2, 0.25) is 0 Å². The second-order valence-electron chi connectivity index (χ2n) is 6.59. The summed E-state index contributed by atoms with van der Waals surface area (Å²) in [6, 6.07) is 8.95. The number of ether oxygens (including phenoxy) is 1. The molecule has 2 aliphatic rings. The standard InChI is InChI=1S/C18H22N2O2/c21-18(10-14-6-8-22-12-14)20(16-2-3-16)11-13-1-4-17-15(9-13)5-7-19-17/h1,4-5,7,9,14,16,19H,2-3,6,8,10-12H2. The number of nitrogens with one attached hydrogen (secondary N) is 1. The average molecular weight is 298 g/mol. The summed E-state index contributed by atoms with van der Waals surface area (Å²) in [5, 5.41) is 1.21. The van der Waals surface area contributed by atoms with Crippen LogP contribution in [0.4, 0.5) is 0 Å². The van der Waals surface area contributed by atoms with E-state index in [-0.39, 0.29) is 0 Å². The molecule has 1 aromatic carbocycles. The van der Waals surface area contributed by atoms with E-state index in [9.17, 15) is 4.79 Å². The maximum Gasteiger partial charge on any atom is 0.223 e. The Balaban J connectivity index is 1.47. The molecule has 1 amide bonds. The Morgan fingerprint density at radius 1 is 1.27 bits per heavy atom. The SMILES string of the molecule is O=C(CC1CCOC1)N(Cc1ccc2[nH]ccc2c1)C1CC1. The van der Waals surface area contributed by atoms with Crippen molar-refractivity contribution >= 4 is 16.8 Å². The number of aromatic nitrogens is 1. The molecule has 1 atom stereocenters. The van der Waals surface area contributed by atoms with Gasteiger partial charge in [-0.3, -0.25) is 4.79 Å². The van der Waals surface area contributed by atoms with Crippen LogP contribution in [0, 0.1) is 5.92 Å². The van der Waals surface area contributed by atoms with Crippen molar-refractivity contribution in [3.8, 4) is 0 Å². The Morgan fingerprint density at radius 2 is 2.18 bits per heavy atom. The van der Waals surface area contributed by atoms with Gasteiger partial charge in [-0.2, -0.15) is 0 Å².